The Hall–Kier alpha value is -2.01. The molecule has 0 aromatic carbocycles. The Balaban J connectivity index is 3.26. The van der Waals surface area contributed by atoms with Crippen molar-refractivity contribution in [3.05, 3.63) is 34.9 Å². The maximum Gasteiger partial charge on any atom is 0.302 e. The minimum atomic E-state index is -0.801. The molecule has 0 saturated carbocycles. The van der Waals surface area contributed by atoms with Crippen molar-refractivity contribution in [1.82, 2.24) is 0 Å². The van der Waals surface area contributed by atoms with Gasteiger partial charge in [0.25, 0.3) is 0 Å². The van der Waals surface area contributed by atoms with Gasteiger partial charge in [-0.15, -0.1) is 0 Å². The molecule has 5 nitrogen and oxygen atoms in total. The van der Waals surface area contributed by atoms with Gasteiger partial charge in [-0.05, 0) is 57.9 Å². The normalized spacial score (nSPS) is 28.1. The number of carbonyl (C=O) groups excluding carboxylic acids is 3. The Bertz CT molecular complexity index is 610. The van der Waals surface area contributed by atoms with E-state index in [1.807, 2.05) is 26.8 Å². The lowest BCUT2D eigenvalue weighted by atomic mass is 9.72. The lowest BCUT2D eigenvalue weighted by Crippen LogP contribution is -2.39. The highest BCUT2D eigenvalue weighted by molar-refractivity contribution is 5.81. The van der Waals surface area contributed by atoms with Crippen molar-refractivity contribution in [3.63, 3.8) is 0 Å². The van der Waals surface area contributed by atoms with Crippen LogP contribution in [0.2, 0.25) is 0 Å². The van der Waals surface area contributed by atoms with E-state index in [2.05, 4.69) is 6.08 Å². The van der Waals surface area contributed by atoms with E-state index in [9.17, 15) is 19.5 Å². The summed E-state index contributed by atoms with van der Waals surface area (Å²) in [6.45, 7) is 7.40. The van der Waals surface area contributed by atoms with Gasteiger partial charge in [0.05, 0.1) is 12.7 Å². The highest BCUT2D eigenvalue weighted by Crippen LogP contribution is 2.35. The molecule has 0 amide bonds. The molecule has 1 aliphatic carbocycles. The number of rotatable bonds is 8. The second-order valence-electron chi connectivity index (χ2n) is 7.54. The van der Waals surface area contributed by atoms with E-state index in [-0.39, 0.29) is 12.5 Å². The molecular weight excluding hydrogens is 344 g/mol. The van der Waals surface area contributed by atoms with Gasteiger partial charge in [0.1, 0.15) is 12.6 Å². The molecule has 0 saturated heterocycles. The second kappa shape index (κ2) is 11.7. The number of aliphatic hydroxyl groups excluding tert-OH is 1. The first-order chi connectivity index (χ1) is 12.8. The van der Waals surface area contributed by atoms with Crippen LogP contribution in [0.5, 0.6) is 0 Å². The number of aldehydes is 2. The Morgan fingerprint density at radius 2 is 2.00 bits per heavy atom. The van der Waals surface area contributed by atoms with Crippen molar-refractivity contribution < 1.29 is 24.2 Å². The molecule has 0 aliphatic heterocycles. The smallest absolute Gasteiger partial charge is 0.302 e. The third-order valence-electron chi connectivity index (χ3n) is 5.01. The lowest BCUT2D eigenvalue weighted by molar-refractivity contribution is -0.144. The monoisotopic (exact) mass is 376 g/mol. The van der Waals surface area contributed by atoms with Gasteiger partial charge in [-0.25, -0.2) is 0 Å². The molecule has 5 heteroatoms. The van der Waals surface area contributed by atoms with Crippen LogP contribution < -0.4 is 0 Å². The Labute approximate surface area is 162 Å². The standard InChI is InChI=1S/C22H32O5/c1-15(2)7-5-10-19(14-27-17(4)25)22-20(13-24)18(12-23)9-6-8-16(3)11-21(22)26/h7-9,12-13,19-22,26H,5-6,10-11,14H2,1-4H3/b16-8+,18-9-/t19?,20-,21-,22+/m0/s1. The van der Waals surface area contributed by atoms with E-state index in [4.69, 9.17) is 4.74 Å². The van der Waals surface area contributed by atoms with Crippen LogP contribution in [-0.4, -0.2) is 36.4 Å². The molecular formula is C22H32O5. The highest BCUT2D eigenvalue weighted by Gasteiger charge is 2.37. The summed E-state index contributed by atoms with van der Waals surface area (Å²) in [4.78, 5) is 34.9. The van der Waals surface area contributed by atoms with Crippen molar-refractivity contribution in [2.45, 2.75) is 59.5 Å². The first-order valence-electron chi connectivity index (χ1n) is 9.51. The summed E-state index contributed by atoms with van der Waals surface area (Å²) in [6, 6.07) is 0. The van der Waals surface area contributed by atoms with E-state index in [1.54, 1.807) is 6.08 Å². The number of esters is 1. The molecule has 1 aliphatic rings. The first-order valence-corrected chi connectivity index (χ1v) is 9.51. The van der Waals surface area contributed by atoms with Crippen LogP contribution in [0.3, 0.4) is 0 Å². The summed E-state index contributed by atoms with van der Waals surface area (Å²) in [5, 5.41) is 10.9. The fourth-order valence-corrected chi connectivity index (χ4v) is 3.64. The Kier molecular flexibility index (Phi) is 9.94. The molecule has 0 bridgehead atoms. The molecule has 1 unspecified atom stereocenters. The van der Waals surface area contributed by atoms with Crippen LogP contribution in [0, 0.1) is 17.8 Å². The zero-order chi connectivity index (χ0) is 20.4. The van der Waals surface area contributed by atoms with Gasteiger partial charge in [0.2, 0.25) is 0 Å². The van der Waals surface area contributed by atoms with E-state index < -0.39 is 23.9 Å². The van der Waals surface area contributed by atoms with Crippen molar-refractivity contribution >= 4 is 18.5 Å². The number of carbonyl (C=O) groups is 3. The number of allylic oxidation sites excluding steroid dienone is 5. The largest absolute Gasteiger partial charge is 0.466 e. The highest BCUT2D eigenvalue weighted by atomic mass is 16.5. The van der Waals surface area contributed by atoms with Crippen molar-refractivity contribution in [3.8, 4) is 0 Å². The molecule has 1 N–H and O–H groups in total. The predicted octanol–water partition coefficient (Wildman–Crippen LogP) is 3.57. The third-order valence-corrected chi connectivity index (χ3v) is 5.01. The Morgan fingerprint density at radius 3 is 2.56 bits per heavy atom. The van der Waals surface area contributed by atoms with Gasteiger partial charge in [-0.2, -0.15) is 0 Å². The maximum absolute atomic E-state index is 11.9. The van der Waals surface area contributed by atoms with Crippen LogP contribution >= 0.6 is 0 Å². The van der Waals surface area contributed by atoms with Crippen molar-refractivity contribution in [1.29, 1.82) is 0 Å². The summed E-state index contributed by atoms with van der Waals surface area (Å²) in [7, 11) is 0. The molecule has 1 rings (SSSR count). The van der Waals surface area contributed by atoms with Gasteiger partial charge >= 0.3 is 5.97 Å². The summed E-state index contributed by atoms with van der Waals surface area (Å²) in [6.07, 6.45) is 8.82. The van der Waals surface area contributed by atoms with Crippen LogP contribution in [-0.2, 0) is 19.1 Å². The number of hydrogen-bond acceptors (Lipinski definition) is 5. The molecule has 150 valence electrons. The fraction of sp³-hybridized carbons (Fsp3) is 0.591. The average molecular weight is 376 g/mol. The molecule has 0 aromatic heterocycles. The molecule has 0 aromatic rings. The molecule has 0 fully saturated rings. The van der Waals surface area contributed by atoms with Gasteiger partial charge in [0, 0.05) is 18.8 Å². The third kappa shape index (κ3) is 7.63. The Morgan fingerprint density at radius 1 is 1.30 bits per heavy atom. The summed E-state index contributed by atoms with van der Waals surface area (Å²) >= 11 is 0. The van der Waals surface area contributed by atoms with Gasteiger partial charge < -0.3 is 14.6 Å². The van der Waals surface area contributed by atoms with Crippen molar-refractivity contribution in [2.75, 3.05) is 6.61 Å². The van der Waals surface area contributed by atoms with Crippen LogP contribution in [0.25, 0.3) is 0 Å². The van der Waals surface area contributed by atoms with Crippen LogP contribution in [0.1, 0.15) is 53.4 Å². The number of aliphatic hydroxyl groups is 1. The molecule has 0 spiro atoms. The molecule has 4 atom stereocenters. The van der Waals surface area contributed by atoms with Crippen LogP contribution in [0.15, 0.2) is 34.9 Å². The molecule has 0 radical (unpaired) electrons. The molecule has 0 heterocycles. The zero-order valence-electron chi connectivity index (χ0n) is 16.8. The van der Waals surface area contributed by atoms with Gasteiger partial charge in [-0.1, -0.05) is 29.4 Å². The van der Waals surface area contributed by atoms with E-state index in [1.165, 1.54) is 12.5 Å². The van der Waals surface area contributed by atoms with Crippen LogP contribution in [0.4, 0.5) is 0 Å². The van der Waals surface area contributed by atoms with E-state index in [0.717, 1.165) is 18.3 Å². The summed E-state index contributed by atoms with van der Waals surface area (Å²) in [5.41, 5.74) is 2.57. The number of ether oxygens (including phenoxy) is 1. The predicted molar refractivity (Wildman–Crippen MR) is 105 cm³/mol. The van der Waals surface area contributed by atoms with E-state index in [0.29, 0.717) is 31.1 Å². The minimum Gasteiger partial charge on any atom is -0.466 e. The average Bonchev–Trinajstić information content (AvgIpc) is 2.65. The zero-order valence-corrected chi connectivity index (χ0v) is 16.8. The quantitative estimate of drug-likeness (QED) is 0.398. The van der Waals surface area contributed by atoms with Gasteiger partial charge in [-0.3, -0.25) is 9.59 Å². The number of hydrogen-bond donors (Lipinski definition) is 1. The fourth-order valence-electron chi connectivity index (χ4n) is 3.64. The molecule has 27 heavy (non-hydrogen) atoms. The second-order valence-corrected chi connectivity index (χ2v) is 7.54. The first kappa shape index (κ1) is 23.0. The van der Waals surface area contributed by atoms with E-state index >= 15 is 0 Å². The van der Waals surface area contributed by atoms with Crippen molar-refractivity contribution in [2.24, 2.45) is 17.8 Å². The minimum absolute atomic E-state index is 0.118. The topological polar surface area (TPSA) is 80.7 Å². The summed E-state index contributed by atoms with van der Waals surface area (Å²) < 4.78 is 5.25. The van der Waals surface area contributed by atoms with Gasteiger partial charge in [0.15, 0.2) is 0 Å². The maximum atomic E-state index is 11.9. The summed E-state index contributed by atoms with van der Waals surface area (Å²) in [5.74, 6) is -1.84. The SMILES string of the molecule is CC(=O)OCC(CCC=C(C)C)[C@H]1[C@@H](O)C/C(C)=C/C/C=C(/C=O)[C@@H]1C=O. The lowest BCUT2D eigenvalue weighted by Gasteiger charge is -2.34.